The van der Waals surface area contributed by atoms with Crippen molar-refractivity contribution < 1.29 is 9.53 Å². The van der Waals surface area contributed by atoms with Crippen LogP contribution in [0.3, 0.4) is 0 Å². The summed E-state index contributed by atoms with van der Waals surface area (Å²) in [4.78, 5) is 30.4. The van der Waals surface area contributed by atoms with Crippen LogP contribution in [0.4, 0.5) is 5.69 Å². The highest BCUT2D eigenvalue weighted by atomic mass is 16.5. The number of nitrogens with one attached hydrogen (secondary N) is 2. The van der Waals surface area contributed by atoms with Crippen molar-refractivity contribution >= 4 is 22.6 Å². The Labute approximate surface area is 116 Å². The molecule has 1 aromatic heterocycles. The maximum atomic E-state index is 11.9. The van der Waals surface area contributed by atoms with Crippen LogP contribution >= 0.6 is 0 Å². The Kier molecular flexibility index (Phi) is 3.48. The molecule has 0 bridgehead atoms. The van der Waals surface area contributed by atoms with Gasteiger partial charge in [-0.3, -0.25) is 4.79 Å². The van der Waals surface area contributed by atoms with Crippen LogP contribution in [-0.4, -0.2) is 28.6 Å². The number of anilines is 1. The molecule has 1 heterocycles. The Morgan fingerprint density at radius 3 is 2.75 bits per heavy atom. The highest BCUT2D eigenvalue weighted by molar-refractivity contribution is 5.86. The fourth-order valence-electron chi connectivity index (χ4n) is 2.00. The number of nitrogens with zero attached hydrogens (tertiary/aromatic N) is 1. The van der Waals surface area contributed by atoms with Crippen molar-refractivity contribution in [3.63, 3.8) is 0 Å². The van der Waals surface area contributed by atoms with Gasteiger partial charge >= 0.3 is 5.97 Å². The number of H-pyrrole nitrogens is 1. The van der Waals surface area contributed by atoms with Crippen LogP contribution in [0.25, 0.3) is 10.9 Å². The Morgan fingerprint density at radius 2 is 2.10 bits per heavy atom. The Bertz CT molecular complexity index is 719. The number of hydrogen-bond acceptors (Lipinski definition) is 5. The Morgan fingerprint density at radius 1 is 1.40 bits per heavy atom. The van der Waals surface area contributed by atoms with Gasteiger partial charge in [0.05, 0.1) is 18.0 Å². The van der Waals surface area contributed by atoms with E-state index in [0.717, 1.165) is 0 Å². The topological polar surface area (TPSA) is 84.1 Å². The van der Waals surface area contributed by atoms with Gasteiger partial charge in [0.2, 0.25) is 0 Å². The number of rotatable bonds is 3. The highest BCUT2D eigenvalue weighted by Gasteiger charge is 2.28. The normalized spacial score (nSPS) is 11.4. The molecule has 0 unspecified atom stereocenters. The first-order valence-electron chi connectivity index (χ1n) is 6.21. The zero-order valence-electron chi connectivity index (χ0n) is 11.9. The number of hydrogen-bond donors (Lipinski definition) is 2. The lowest BCUT2D eigenvalue weighted by atomic mass is 10.1. The van der Waals surface area contributed by atoms with Gasteiger partial charge in [-0.2, -0.15) is 0 Å². The quantitative estimate of drug-likeness (QED) is 0.831. The molecular weight excluding hydrogens is 258 g/mol. The summed E-state index contributed by atoms with van der Waals surface area (Å²) in [5.41, 5.74) is 0.191. The maximum absolute atomic E-state index is 11.9. The summed E-state index contributed by atoms with van der Waals surface area (Å²) < 4.78 is 4.73. The molecule has 20 heavy (non-hydrogen) atoms. The molecule has 6 heteroatoms. The third-order valence-corrected chi connectivity index (χ3v) is 2.98. The van der Waals surface area contributed by atoms with Crippen molar-refractivity contribution in [3.05, 3.63) is 34.4 Å². The van der Waals surface area contributed by atoms with Gasteiger partial charge in [-0.15, -0.1) is 0 Å². The SMILES string of the molecule is COC(=O)C(C)(C)Nc1ccc2nc(C)[nH]c(=O)c2c1. The molecule has 0 aliphatic heterocycles. The van der Waals surface area contributed by atoms with Crippen LogP contribution in [0, 0.1) is 6.92 Å². The van der Waals surface area contributed by atoms with Crippen molar-refractivity contribution in [3.8, 4) is 0 Å². The van der Waals surface area contributed by atoms with Gasteiger partial charge in [0.25, 0.3) is 5.56 Å². The van der Waals surface area contributed by atoms with E-state index < -0.39 is 5.54 Å². The largest absolute Gasteiger partial charge is 0.467 e. The van der Waals surface area contributed by atoms with E-state index in [1.54, 1.807) is 39.0 Å². The number of ether oxygens (including phenoxy) is 1. The van der Waals surface area contributed by atoms with Crippen LogP contribution in [0.5, 0.6) is 0 Å². The fourth-order valence-corrected chi connectivity index (χ4v) is 2.00. The van der Waals surface area contributed by atoms with Crippen molar-refractivity contribution in [1.29, 1.82) is 0 Å². The molecule has 1 aromatic carbocycles. The van der Waals surface area contributed by atoms with E-state index in [2.05, 4.69) is 15.3 Å². The monoisotopic (exact) mass is 275 g/mol. The van der Waals surface area contributed by atoms with E-state index in [-0.39, 0.29) is 11.5 Å². The van der Waals surface area contributed by atoms with Crippen LogP contribution in [0.15, 0.2) is 23.0 Å². The third-order valence-electron chi connectivity index (χ3n) is 2.98. The smallest absolute Gasteiger partial charge is 0.330 e. The van der Waals surface area contributed by atoms with E-state index in [1.807, 2.05) is 0 Å². The number of methoxy groups -OCH3 is 1. The molecule has 2 aromatic rings. The molecule has 0 saturated carbocycles. The first kappa shape index (κ1) is 14.0. The van der Waals surface area contributed by atoms with E-state index in [9.17, 15) is 9.59 Å². The second-order valence-corrected chi connectivity index (χ2v) is 5.12. The number of aromatic amines is 1. The summed E-state index contributed by atoms with van der Waals surface area (Å²) in [6.45, 7) is 5.15. The average Bonchev–Trinajstić information content (AvgIpc) is 2.38. The van der Waals surface area contributed by atoms with Crippen LogP contribution < -0.4 is 10.9 Å². The molecule has 0 atom stereocenters. The van der Waals surface area contributed by atoms with Gasteiger partial charge in [0, 0.05) is 5.69 Å². The van der Waals surface area contributed by atoms with Gasteiger partial charge in [0.15, 0.2) is 0 Å². The van der Waals surface area contributed by atoms with Crippen molar-refractivity contribution in [2.24, 2.45) is 0 Å². The molecule has 0 aliphatic carbocycles. The van der Waals surface area contributed by atoms with Crippen molar-refractivity contribution in [2.75, 3.05) is 12.4 Å². The lowest BCUT2D eigenvalue weighted by Crippen LogP contribution is -2.41. The molecule has 6 nitrogen and oxygen atoms in total. The minimum absolute atomic E-state index is 0.202. The number of aromatic nitrogens is 2. The van der Waals surface area contributed by atoms with Crippen LogP contribution in [0.1, 0.15) is 19.7 Å². The lowest BCUT2D eigenvalue weighted by Gasteiger charge is -2.24. The summed E-state index contributed by atoms with van der Waals surface area (Å²) in [7, 11) is 1.34. The first-order chi connectivity index (χ1) is 9.33. The van der Waals surface area contributed by atoms with E-state index in [4.69, 9.17) is 4.74 Å². The number of aryl methyl sites for hydroxylation is 1. The number of carbonyl (C=O) groups is 1. The fraction of sp³-hybridized carbons (Fsp3) is 0.357. The van der Waals surface area contributed by atoms with Gasteiger partial charge in [-0.05, 0) is 39.0 Å². The van der Waals surface area contributed by atoms with Gasteiger partial charge in [-0.1, -0.05) is 0 Å². The standard InChI is InChI=1S/C14H17N3O3/c1-8-15-11-6-5-9(7-10(11)12(18)16-8)17-14(2,3)13(19)20-4/h5-7,17H,1-4H3,(H,15,16,18). The minimum Gasteiger partial charge on any atom is -0.467 e. The molecule has 0 fully saturated rings. The average molecular weight is 275 g/mol. The number of esters is 1. The zero-order chi connectivity index (χ0) is 14.9. The van der Waals surface area contributed by atoms with Gasteiger partial charge in [-0.25, -0.2) is 9.78 Å². The predicted octanol–water partition coefficient (Wildman–Crippen LogP) is 1.60. The molecular formula is C14H17N3O3. The number of benzene rings is 1. The summed E-state index contributed by atoms with van der Waals surface area (Å²) in [6.07, 6.45) is 0. The second-order valence-electron chi connectivity index (χ2n) is 5.12. The van der Waals surface area contributed by atoms with E-state index >= 15 is 0 Å². The number of carbonyl (C=O) groups excluding carboxylic acids is 1. The zero-order valence-corrected chi connectivity index (χ0v) is 11.9. The highest BCUT2D eigenvalue weighted by Crippen LogP contribution is 2.19. The van der Waals surface area contributed by atoms with E-state index in [1.165, 1.54) is 7.11 Å². The molecule has 0 amide bonds. The molecule has 0 saturated heterocycles. The van der Waals surface area contributed by atoms with Gasteiger partial charge in [0.1, 0.15) is 11.4 Å². The second kappa shape index (κ2) is 4.96. The summed E-state index contributed by atoms with van der Waals surface area (Å²) in [5.74, 6) is 0.187. The minimum atomic E-state index is -0.882. The molecule has 2 N–H and O–H groups in total. The van der Waals surface area contributed by atoms with E-state index in [0.29, 0.717) is 22.4 Å². The van der Waals surface area contributed by atoms with Crippen molar-refractivity contribution in [2.45, 2.75) is 26.3 Å². The van der Waals surface area contributed by atoms with Crippen molar-refractivity contribution in [1.82, 2.24) is 9.97 Å². The molecule has 0 aliphatic rings. The first-order valence-corrected chi connectivity index (χ1v) is 6.21. The molecule has 106 valence electrons. The maximum Gasteiger partial charge on any atom is 0.330 e. The third kappa shape index (κ3) is 2.64. The van der Waals surface area contributed by atoms with Crippen LogP contribution in [0.2, 0.25) is 0 Å². The summed E-state index contributed by atoms with van der Waals surface area (Å²) in [6, 6.07) is 5.19. The number of fused-ring (bicyclic) bond motifs is 1. The van der Waals surface area contributed by atoms with Crippen LogP contribution in [-0.2, 0) is 9.53 Å². The molecule has 2 rings (SSSR count). The molecule has 0 spiro atoms. The predicted molar refractivity (Wildman–Crippen MR) is 76.8 cm³/mol. The summed E-state index contributed by atoms with van der Waals surface area (Å²) >= 11 is 0. The molecule has 0 radical (unpaired) electrons. The lowest BCUT2D eigenvalue weighted by molar-refractivity contribution is -0.144. The Balaban J connectivity index is 2.43. The summed E-state index contributed by atoms with van der Waals surface area (Å²) in [5, 5.41) is 3.52. The van der Waals surface area contributed by atoms with Gasteiger partial charge < -0.3 is 15.0 Å². The Hall–Kier alpha value is -2.37.